The lowest BCUT2D eigenvalue weighted by Gasteiger charge is -2.45. The van der Waals surface area contributed by atoms with Gasteiger partial charge in [-0.1, -0.05) is 12.5 Å². The fraction of sp³-hybridized carbons (Fsp3) is 0.500. The summed E-state index contributed by atoms with van der Waals surface area (Å²) in [6.45, 7) is 2.80. The zero-order valence-corrected chi connectivity index (χ0v) is 22.4. The first-order chi connectivity index (χ1) is 19.7. The molecule has 0 aliphatic carbocycles. The molecule has 2 aromatic rings. The van der Waals surface area contributed by atoms with Crippen molar-refractivity contribution in [2.75, 3.05) is 50.8 Å². The van der Waals surface area contributed by atoms with Gasteiger partial charge in [0, 0.05) is 56.6 Å². The molecule has 5 rings (SSSR count). The number of hydrazine groups is 1. The van der Waals surface area contributed by atoms with Crippen LogP contribution in [0.25, 0.3) is 0 Å². The summed E-state index contributed by atoms with van der Waals surface area (Å²) in [5.74, 6) is -2.09. The first-order valence-electron chi connectivity index (χ1n) is 13.7. The highest BCUT2D eigenvalue weighted by Crippen LogP contribution is 2.35. The van der Waals surface area contributed by atoms with Crippen LogP contribution < -0.4 is 20.5 Å². The maximum absolute atomic E-state index is 13.8. The van der Waals surface area contributed by atoms with Gasteiger partial charge in [-0.25, -0.2) is 10.4 Å². The molecule has 41 heavy (non-hydrogen) atoms. The molecule has 0 bridgehead atoms. The molecule has 1 aromatic heterocycles. The normalized spacial score (nSPS) is 24.0. The topological polar surface area (TPSA) is 114 Å². The summed E-state index contributed by atoms with van der Waals surface area (Å²) in [4.78, 5) is 35.3. The average Bonchev–Trinajstić information content (AvgIpc) is 2.99. The number of nitrogens with one attached hydrogen (secondary N) is 2. The van der Waals surface area contributed by atoms with Gasteiger partial charge in [-0.3, -0.25) is 19.9 Å². The molecule has 1 aromatic carbocycles. The van der Waals surface area contributed by atoms with Gasteiger partial charge in [0.1, 0.15) is 24.2 Å². The van der Waals surface area contributed by atoms with E-state index in [1.807, 2.05) is 0 Å². The van der Waals surface area contributed by atoms with Gasteiger partial charge in [0.15, 0.2) is 5.92 Å². The largest absolute Gasteiger partial charge is 0.492 e. The number of halogens is 3. The first-order valence-corrected chi connectivity index (χ1v) is 13.7. The van der Waals surface area contributed by atoms with Crippen molar-refractivity contribution in [3.05, 3.63) is 53.7 Å². The Balaban J connectivity index is 1.19. The van der Waals surface area contributed by atoms with Crippen LogP contribution in [-0.4, -0.2) is 90.7 Å². The second kappa shape index (κ2) is 12.3. The lowest BCUT2D eigenvalue weighted by Crippen LogP contribution is -2.66. The van der Waals surface area contributed by atoms with E-state index in [1.165, 1.54) is 6.20 Å². The number of alkyl halides is 3. The number of carbonyl (C=O) groups is 2. The summed E-state index contributed by atoms with van der Waals surface area (Å²) >= 11 is 0. The second-order valence-electron chi connectivity index (χ2n) is 10.5. The highest BCUT2D eigenvalue weighted by molar-refractivity contribution is 5.94. The Morgan fingerprint density at radius 3 is 2.63 bits per heavy atom. The maximum atomic E-state index is 13.8. The van der Waals surface area contributed by atoms with Gasteiger partial charge < -0.3 is 14.5 Å². The van der Waals surface area contributed by atoms with Crippen molar-refractivity contribution >= 4 is 17.6 Å². The smallest absolute Gasteiger partial charge is 0.402 e. The highest BCUT2D eigenvalue weighted by atomic mass is 19.4. The monoisotopic (exact) mass is 571 g/mol. The lowest BCUT2D eigenvalue weighted by molar-refractivity contribution is -0.203. The molecule has 0 spiro atoms. The molecule has 3 fully saturated rings. The molecule has 2 amide bonds. The lowest BCUT2D eigenvalue weighted by atomic mass is 9.90. The maximum Gasteiger partial charge on any atom is 0.402 e. The van der Waals surface area contributed by atoms with Crippen molar-refractivity contribution in [3.63, 3.8) is 0 Å². The zero-order chi connectivity index (χ0) is 29.0. The van der Waals surface area contributed by atoms with E-state index in [9.17, 15) is 22.8 Å². The number of rotatable bonds is 6. The fourth-order valence-corrected chi connectivity index (χ4v) is 5.80. The van der Waals surface area contributed by atoms with Crippen LogP contribution >= 0.6 is 0 Å². The Hall–Kier alpha value is -3.89. The number of aromatic nitrogens is 1. The number of nitriles is 1. The summed E-state index contributed by atoms with van der Waals surface area (Å²) in [6.07, 6.45) is -0.867. The number of ether oxygens (including phenoxy) is 1. The summed E-state index contributed by atoms with van der Waals surface area (Å²) in [7, 11) is 0. The minimum Gasteiger partial charge on any atom is -0.492 e. The number of hydrogen-bond acceptors (Lipinski definition) is 8. The van der Waals surface area contributed by atoms with Gasteiger partial charge >= 0.3 is 6.18 Å². The van der Waals surface area contributed by atoms with Crippen LogP contribution in [0.15, 0.2) is 42.6 Å². The van der Waals surface area contributed by atoms with E-state index in [1.54, 1.807) is 46.2 Å². The van der Waals surface area contributed by atoms with E-state index in [0.29, 0.717) is 56.0 Å². The molecule has 218 valence electrons. The van der Waals surface area contributed by atoms with Crippen LogP contribution in [0.5, 0.6) is 5.75 Å². The van der Waals surface area contributed by atoms with Crippen LogP contribution in [0.4, 0.5) is 19.0 Å². The van der Waals surface area contributed by atoms with E-state index in [2.05, 4.69) is 26.8 Å². The minimum absolute atomic E-state index is 0.00902. The van der Waals surface area contributed by atoms with Gasteiger partial charge in [-0.2, -0.15) is 18.4 Å². The number of piperidine rings is 1. The number of carbonyl (C=O) groups excluding carboxylic acids is 2. The third-order valence-corrected chi connectivity index (χ3v) is 7.93. The molecule has 10 nitrogen and oxygen atoms in total. The molecule has 0 radical (unpaired) electrons. The number of pyridine rings is 1. The summed E-state index contributed by atoms with van der Waals surface area (Å²) < 4.78 is 47.4. The summed E-state index contributed by atoms with van der Waals surface area (Å²) in [5, 5.41) is 8.96. The van der Waals surface area contributed by atoms with Crippen molar-refractivity contribution < 1.29 is 27.5 Å². The van der Waals surface area contributed by atoms with Crippen molar-refractivity contribution in [3.8, 4) is 11.8 Å². The fourth-order valence-electron chi connectivity index (χ4n) is 5.80. The SMILES string of the molecule is N#Cc1ccc(N2CCN(C(=O)c3cccc(OCC4CCCCN4C4CNNC(=O)C4C(F)(F)F)c3)CC2)nc1. The minimum atomic E-state index is -4.65. The number of nitrogens with zero attached hydrogens (tertiary/aromatic N) is 5. The number of amides is 2. The van der Waals surface area contributed by atoms with E-state index >= 15 is 0 Å². The quantitative estimate of drug-likeness (QED) is 0.544. The average molecular weight is 572 g/mol. The van der Waals surface area contributed by atoms with Gasteiger partial charge in [0.25, 0.3) is 5.91 Å². The Kier molecular flexibility index (Phi) is 8.60. The van der Waals surface area contributed by atoms with E-state index in [0.717, 1.165) is 18.7 Å². The second-order valence-corrected chi connectivity index (χ2v) is 10.5. The molecule has 3 unspecified atom stereocenters. The number of anilines is 1. The van der Waals surface area contributed by atoms with Gasteiger partial charge in [0.05, 0.1) is 5.56 Å². The molecule has 3 saturated heterocycles. The first kappa shape index (κ1) is 28.6. The summed E-state index contributed by atoms with van der Waals surface area (Å²) in [5.41, 5.74) is 5.68. The van der Waals surface area contributed by atoms with Gasteiger partial charge in [-0.15, -0.1) is 0 Å². The molecule has 3 aliphatic rings. The number of benzene rings is 1. The molecular formula is C28H32F3N7O3. The molecule has 4 heterocycles. The van der Waals surface area contributed by atoms with Crippen LogP contribution in [0.1, 0.15) is 35.2 Å². The molecule has 2 N–H and O–H groups in total. The third kappa shape index (κ3) is 6.55. The van der Waals surface area contributed by atoms with Crippen LogP contribution in [0.3, 0.4) is 0 Å². The van der Waals surface area contributed by atoms with Crippen molar-refractivity contribution in [2.45, 2.75) is 37.5 Å². The van der Waals surface area contributed by atoms with E-state index < -0.39 is 24.0 Å². The van der Waals surface area contributed by atoms with Crippen molar-refractivity contribution in [1.29, 1.82) is 5.26 Å². The Morgan fingerprint density at radius 1 is 1.12 bits per heavy atom. The molecule has 13 heteroatoms. The standard InChI is InChI=1S/C28H32F3N7O3/c29-28(30,31)25-23(17-34-35-26(25)39)38-9-2-1-5-21(38)18-41-22-6-3-4-20(14-22)27(40)37-12-10-36(11-13-37)24-8-7-19(15-32)16-33-24/h3-4,6-8,14,16,21,23,25,34H,1-2,5,9-13,17-18H2,(H,35,39). The van der Waals surface area contributed by atoms with E-state index in [-0.39, 0.29) is 25.1 Å². The number of piperazine rings is 1. The van der Waals surface area contributed by atoms with Gasteiger partial charge in [-0.05, 0) is 49.7 Å². The third-order valence-electron chi connectivity index (χ3n) is 7.93. The van der Waals surface area contributed by atoms with Crippen molar-refractivity contribution in [1.82, 2.24) is 25.6 Å². The Labute approximate surface area is 236 Å². The predicted octanol–water partition coefficient (Wildman–Crippen LogP) is 2.33. The van der Waals surface area contributed by atoms with Crippen molar-refractivity contribution in [2.24, 2.45) is 5.92 Å². The summed E-state index contributed by atoms with van der Waals surface area (Å²) in [6, 6.07) is 11.1. The Morgan fingerprint density at radius 2 is 1.93 bits per heavy atom. The molecule has 3 atom stereocenters. The van der Waals surface area contributed by atoms with E-state index in [4.69, 9.17) is 10.00 Å². The molecule has 3 aliphatic heterocycles. The van der Waals surface area contributed by atoms with Crippen LogP contribution in [0, 0.1) is 17.2 Å². The van der Waals surface area contributed by atoms with Crippen LogP contribution in [-0.2, 0) is 4.79 Å². The van der Waals surface area contributed by atoms with Crippen LogP contribution in [0.2, 0.25) is 0 Å². The number of likely N-dealkylation sites (tertiary alicyclic amines) is 1. The zero-order valence-electron chi connectivity index (χ0n) is 22.4. The highest BCUT2D eigenvalue weighted by Gasteiger charge is 2.54. The molecular weight excluding hydrogens is 539 g/mol. The molecule has 0 saturated carbocycles. The number of hydrogen-bond donors (Lipinski definition) is 2. The van der Waals surface area contributed by atoms with Gasteiger partial charge in [0.2, 0.25) is 5.91 Å². The Bertz CT molecular complexity index is 1280. The predicted molar refractivity (Wildman–Crippen MR) is 143 cm³/mol.